The van der Waals surface area contributed by atoms with Gasteiger partial charge in [-0.1, -0.05) is 65.7 Å². The van der Waals surface area contributed by atoms with Crippen molar-refractivity contribution < 1.29 is 14.6 Å². The molecule has 2 aromatic heterocycles. The van der Waals surface area contributed by atoms with Crippen molar-refractivity contribution in [1.82, 2.24) is 19.0 Å². The van der Waals surface area contributed by atoms with Crippen molar-refractivity contribution >= 4 is 29.1 Å². The normalized spacial score (nSPS) is 16.9. The van der Waals surface area contributed by atoms with Crippen molar-refractivity contribution in [3.63, 3.8) is 0 Å². The maximum Gasteiger partial charge on any atom is 0.330 e. The third-order valence-electron chi connectivity index (χ3n) is 7.79. The van der Waals surface area contributed by atoms with E-state index in [9.17, 15) is 19.5 Å². The quantitative estimate of drug-likeness (QED) is 0.319. The van der Waals surface area contributed by atoms with Crippen molar-refractivity contribution in [2.24, 2.45) is 19.8 Å². The van der Waals surface area contributed by atoms with Crippen molar-refractivity contribution in [3.8, 4) is 39.5 Å². The zero-order valence-electron chi connectivity index (χ0n) is 24.1. The average Bonchev–Trinajstić information content (AvgIpc) is 3.32. The summed E-state index contributed by atoms with van der Waals surface area (Å²) in [6, 6.07) is 14.3. The molecule has 1 aliphatic rings. The van der Waals surface area contributed by atoms with Gasteiger partial charge in [0.2, 0.25) is 5.88 Å². The summed E-state index contributed by atoms with van der Waals surface area (Å²) in [5.74, 6) is -0.526. The third kappa shape index (κ3) is 5.59. The molecule has 1 fully saturated rings. The maximum absolute atomic E-state index is 12.9. The van der Waals surface area contributed by atoms with E-state index in [1.807, 2.05) is 31.2 Å². The standard InChI is InChI=1S/C31H31Cl2N5O5/c1-31(42)13-14-38(16-31)15-17-11-12-22(35-28(17)43-4)20-9-5-7-18(24(20)32)19-8-6-10-21(25(19)33)26-23(27(34)39)29(40)37(3)30(41)36(26)2/h5-12,42H,13-16H2,1-4H3,(H2,34,39). The fourth-order valence-electron chi connectivity index (χ4n) is 5.57. The van der Waals surface area contributed by atoms with E-state index in [0.29, 0.717) is 52.8 Å². The molecule has 1 saturated heterocycles. The minimum Gasteiger partial charge on any atom is -0.481 e. The molecule has 4 aromatic rings. The first-order valence-corrected chi connectivity index (χ1v) is 14.3. The topological polar surface area (TPSA) is 133 Å². The van der Waals surface area contributed by atoms with Crippen LogP contribution in [0.15, 0.2) is 58.1 Å². The van der Waals surface area contributed by atoms with Crippen LogP contribution in [0.4, 0.5) is 0 Å². The predicted molar refractivity (Wildman–Crippen MR) is 167 cm³/mol. The molecule has 0 spiro atoms. The monoisotopic (exact) mass is 623 g/mol. The molecule has 0 saturated carbocycles. The lowest BCUT2D eigenvalue weighted by Crippen LogP contribution is -2.42. The number of ether oxygens (including phenoxy) is 1. The van der Waals surface area contributed by atoms with Crippen molar-refractivity contribution in [3.05, 3.63) is 90.5 Å². The summed E-state index contributed by atoms with van der Waals surface area (Å²) >= 11 is 13.9. The van der Waals surface area contributed by atoms with Gasteiger partial charge in [0.15, 0.2) is 0 Å². The molecule has 43 heavy (non-hydrogen) atoms. The molecular weight excluding hydrogens is 593 g/mol. The van der Waals surface area contributed by atoms with Crippen LogP contribution < -0.4 is 21.7 Å². The summed E-state index contributed by atoms with van der Waals surface area (Å²) in [5.41, 5.74) is 6.55. The molecule has 224 valence electrons. The number of halogens is 2. The first-order chi connectivity index (χ1) is 20.3. The number of aromatic nitrogens is 3. The highest BCUT2D eigenvalue weighted by molar-refractivity contribution is 6.39. The van der Waals surface area contributed by atoms with E-state index in [2.05, 4.69) is 4.90 Å². The molecule has 12 heteroatoms. The summed E-state index contributed by atoms with van der Waals surface area (Å²) in [4.78, 5) is 44.9. The van der Waals surface area contributed by atoms with E-state index in [1.54, 1.807) is 31.4 Å². The smallest absolute Gasteiger partial charge is 0.330 e. The summed E-state index contributed by atoms with van der Waals surface area (Å²) in [6.07, 6.45) is 0.702. The van der Waals surface area contributed by atoms with E-state index in [0.717, 1.165) is 16.7 Å². The van der Waals surface area contributed by atoms with Crippen LogP contribution in [0.25, 0.3) is 33.6 Å². The molecule has 3 N–H and O–H groups in total. The maximum atomic E-state index is 12.9. The van der Waals surface area contributed by atoms with E-state index in [4.69, 9.17) is 38.7 Å². The largest absolute Gasteiger partial charge is 0.481 e. The lowest BCUT2D eigenvalue weighted by Gasteiger charge is -2.20. The Kier molecular flexibility index (Phi) is 8.24. The minimum atomic E-state index is -0.980. The second-order valence-corrected chi connectivity index (χ2v) is 11.7. The first-order valence-electron chi connectivity index (χ1n) is 13.5. The number of carbonyl (C=O) groups is 1. The molecule has 0 bridgehead atoms. The lowest BCUT2D eigenvalue weighted by molar-refractivity contribution is 0.0677. The molecule has 3 heterocycles. The van der Waals surface area contributed by atoms with Crippen LogP contribution in [0.1, 0.15) is 29.3 Å². The Labute approximate surface area is 257 Å². The van der Waals surface area contributed by atoms with Gasteiger partial charge in [0.05, 0.1) is 34.1 Å². The van der Waals surface area contributed by atoms with Gasteiger partial charge < -0.3 is 15.6 Å². The number of β-amino-alcohol motifs (C(OH)–C–C–N with tert-alkyl or cyclic N) is 1. The molecule has 0 radical (unpaired) electrons. The zero-order valence-corrected chi connectivity index (χ0v) is 25.7. The third-order valence-corrected chi connectivity index (χ3v) is 8.60. The fraction of sp³-hybridized carbons (Fsp3) is 0.290. The lowest BCUT2D eigenvalue weighted by atomic mass is 9.97. The highest BCUT2D eigenvalue weighted by Gasteiger charge is 2.32. The molecule has 1 atom stereocenters. The Morgan fingerprint density at radius 1 is 1.00 bits per heavy atom. The Morgan fingerprint density at radius 3 is 2.19 bits per heavy atom. The van der Waals surface area contributed by atoms with Crippen LogP contribution in [0.3, 0.4) is 0 Å². The number of methoxy groups -OCH3 is 1. The number of benzene rings is 2. The summed E-state index contributed by atoms with van der Waals surface area (Å²) in [5, 5.41) is 10.9. The van der Waals surface area contributed by atoms with Gasteiger partial charge in [0.1, 0.15) is 5.56 Å². The highest BCUT2D eigenvalue weighted by Crippen LogP contribution is 2.42. The van der Waals surface area contributed by atoms with Crippen LogP contribution >= 0.6 is 23.2 Å². The molecule has 2 aromatic carbocycles. The fourth-order valence-corrected chi connectivity index (χ4v) is 6.22. The first kappa shape index (κ1) is 30.5. The summed E-state index contributed by atoms with van der Waals surface area (Å²) in [7, 11) is 4.27. The van der Waals surface area contributed by atoms with Gasteiger partial charge in [-0.2, -0.15) is 0 Å². The minimum absolute atomic E-state index is 0.0150. The van der Waals surface area contributed by atoms with Crippen LogP contribution in [0, 0.1) is 0 Å². The van der Waals surface area contributed by atoms with Gasteiger partial charge in [-0.15, -0.1) is 0 Å². The Bertz CT molecular complexity index is 1880. The van der Waals surface area contributed by atoms with E-state index >= 15 is 0 Å². The molecule has 1 amide bonds. The molecule has 10 nitrogen and oxygen atoms in total. The van der Waals surface area contributed by atoms with Crippen molar-refractivity contribution in [2.75, 3.05) is 20.2 Å². The van der Waals surface area contributed by atoms with Gasteiger partial charge in [0, 0.05) is 61.5 Å². The Hall–Kier alpha value is -3.96. The average molecular weight is 625 g/mol. The molecule has 5 rings (SSSR count). The second kappa shape index (κ2) is 11.6. The van der Waals surface area contributed by atoms with E-state index in [-0.39, 0.29) is 21.8 Å². The van der Waals surface area contributed by atoms with Gasteiger partial charge in [-0.3, -0.25) is 23.6 Å². The summed E-state index contributed by atoms with van der Waals surface area (Å²) in [6.45, 7) is 3.76. The number of nitrogens with two attached hydrogens (primary N) is 1. The van der Waals surface area contributed by atoms with Crippen LogP contribution in [-0.4, -0.2) is 55.8 Å². The number of rotatable bonds is 7. The number of carbonyl (C=O) groups excluding carboxylic acids is 1. The number of amides is 1. The Balaban J connectivity index is 1.59. The summed E-state index contributed by atoms with van der Waals surface area (Å²) < 4.78 is 7.61. The van der Waals surface area contributed by atoms with Gasteiger partial charge in [0.25, 0.3) is 11.5 Å². The SMILES string of the molecule is COc1nc(-c2cccc(-c3cccc(-c4c(C(N)=O)c(=O)n(C)c(=O)n4C)c3Cl)c2Cl)ccc1CN1CCC(C)(O)C1. The van der Waals surface area contributed by atoms with Crippen LogP contribution in [-0.2, 0) is 20.6 Å². The van der Waals surface area contributed by atoms with Crippen LogP contribution in [0.5, 0.6) is 5.88 Å². The molecular formula is C31H31Cl2N5O5. The Morgan fingerprint density at radius 2 is 1.60 bits per heavy atom. The number of hydrogen-bond acceptors (Lipinski definition) is 7. The molecule has 1 unspecified atom stereocenters. The van der Waals surface area contributed by atoms with Crippen LogP contribution in [0.2, 0.25) is 10.0 Å². The van der Waals surface area contributed by atoms with Crippen molar-refractivity contribution in [1.29, 1.82) is 0 Å². The van der Waals surface area contributed by atoms with E-state index < -0.39 is 22.8 Å². The second-order valence-electron chi connectivity index (χ2n) is 11.0. The molecule has 0 aliphatic carbocycles. The number of primary amides is 1. The number of hydrogen-bond donors (Lipinski definition) is 2. The number of nitrogens with zero attached hydrogens (tertiary/aromatic N) is 4. The number of likely N-dealkylation sites (tertiary alicyclic amines) is 1. The number of pyridine rings is 1. The highest BCUT2D eigenvalue weighted by atomic mass is 35.5. The number of aliphatic hydroxyl groups is 1. The van der Waals surface area contributed by atoms with Gasteiger partial charge in [-0.25, -0.2) is 9.78 Å². The zero-order chi connectivity index (χ0) is 31.2. The van der Waals surface area contributed by atoms with E-state index in [1.165, 1.54) is 18.7 Å². The van der Waals surface area contributed by atoms with Crippen molar-refractivity contribution in [2.45, 2.75) is 25.5 Å². The molecule has 1 aliphatic heterocycles. The predicted octanol–water partition coefficient (Wildman–Crippen LogP) is 3.85. The van der Waals surface area contributed by atoms with Gasteiger partial charge in [-0.05, 0) is 19.4 Å². The van der Waals surface area contributed by atoms with Gasteiger partial charge >= 0.3 is 5.69 Å².